The topological polar surface area (TPSA) is 38.3 Å². The summed E-state index contributed by atoms with van der Waals surface area (Å²) in [4.78, 5) is 12.0. The van der Waals surface area contributed by atoms with Crippen molar-refractivity contribution in [1.82, 2.24) is 0 Å². The smallest absolute Gasteiger partial charge is 0.234 e. The first-order valence-electron chi connectivity index (χ1n) is 8.42. The van der Waals surface area contributed by atoms with Crippen LogP contribution in [-0.2, 0) is 4.79 Å². The van der Waals surface area contributed by atoms with Gasteiger partial charge in [-0.15, -0.1) is 11.8 Å². The van der Waals surface area contributed by atoms with Crippen molar-refractivity contribution in [1.29, 1.82) is 0 Å². The van der Waals surface area contributed by atoms with Gasteiger partial charge in [0.2, 0.25) is 5.91 Å². The second-order valence-corrected chi connectivity index (χ2v) is 7.13. The largest absolute Gasteiger partial charge is 0.494 e. The van der Waals surface area contributed by atoms with E-state index in [0.717, 1.165) is 30.9 Å². The molecule has 1 aromatic carbocycles. The Bertz CT molecular complexity index is 441. The summed E-state index contributed by atoms with van der Waals surface area (Å²) in [7, 11) is 0. The van der Waals surface area contributed by atoms with Crippen molar-refractivity contribution >= 4 is 23.4 Å². The molecule has 1 amide bonds. The van der Waals surface area contributed by atoms with E-state index >= 15 is 0 Å². The maximum Gasteiger partial charge on any atom is 0.234 e. The zero-order valence-electron chi connectivity index (χ0n) is 13.5. The molecule has 1 aliphatic carbocycles. The van der Waals surface area contributed by atoms with Crippen LogP contribution in [0.25, 0.3) is 0 Å². The highest BCUT2D eigenvalue weighted by Crippen LogP contribution is 2.28. The Labute approximate surface area is 138 Å². The van der Waals surface area contributed by atoms with Crippen molar-refractivity contribution in [3.8, 4) is 5.75 Å². The number of hydrogen-bond acceptors (Lipinski definition) is 3. The standard InChI is InChI=1S/C18H27NO2S/c1-2-3-13-21-16-11-9-15(10-12-16)19-18(20)14-22-17-7-5-4-6-8-17/h9-12,17H,2-8,13-14H2,1H3,(H,19,20). The number of amides is 1. The van der Waals surface area contributed by atoms with E-state index in [1.54, 1.807) is 11.8 Å². The van der Waals surface area contributed by atoms with Crippen LogP contribution in [0.5, 0.6) is 5.75 Å². The van der Waals surface area contributed by atoms with Crippen molar-refractivity contribution in [3.05, 3.63) is 24.3 Å². The average molecular weight is 321 g/mol. The summed E-state index contributed by atoms with van der Waals surface area (Å²) < 4.78 is 5.62. The van der Waals surface area contributed by atoms with Crippen molar-refractivity contribution < 1.29 is 9.53 Å². The van der Waals surface area contributed by atoms with Gasteiger partial charge in [-0.05, 0) is 43.5 Å². The van der Waals surface area contributed by atoms with Crippen molar-refractivity contribution in [2.45, 2.75) is 57.1 Å². The van der Waals surface area contributed by atoms with Gasteiger partial charge in [0.05, 0.1) is 12.4 Å². The predicted octanol–water partition coefficient (Wildman–Crippen LogP) is 4.87. The van der Waals surface area contributed by atoms with E-state index in [1.807, 2.05) is 24.3 Å². The number of thioether (sulfide) groups is 1. The molecule has 1 N–H and O–H groups in total. The van der Waals surface area contributed by atoms with Crippen LogP contribution in [0, 0.1) is 0 Å². The third-order valence-corrected chi connectivity index (χ3v) is 5.28. The Kier molecular flexibility index (Phi) is 7.64. The number of unbranched alkanes of at least 4 members (excludes halogenated alkanes) is 1. The van der Waals surface area contributed by atoms with E-state index in [4.69, 9.17) is 4.74 Å². The van der Waals surface area contributed by atoms with Crippen LogP contribution in [0.4, 0.5) is 5.69 Å². The quantitative estimate of drug-likeness (QED) is 0.694. The lowest BCUT2D eigenvalue weighted by molar-refractivity contribution is -0.113. The molecule has 0 radical (unpaired) electrons. The molecule has 22 heavy (non-hydrogen) atoms. The molecule has 3 nitrogen and oxygen atoms in total. The molecule has 0 heterocycles. The summed E-state index contributed by atoms with van der Waals surface area (Å²) in [6.07, 6.45) is 8.72. The van der Waals surface area contributed by atoms with Gasteiger partial charge in [0, 0.05) is 10.9 Å². The van der Waals surface area contributed by atoms with Crippen LogP contribution in [0.3, 0.4) is 0 Å². The Morgan fingerprint density at radius 3 is 2.64 bits per heavy atom. The zero-order chi connectivity index (χ0) is 15.6. The maximum atomic E-state index is 12.0. The maximum absolute atomic E-state index is 12.0. The fraction of sp³-hybridized carbons (Fsp3) is 0.611. The van der Waals surface area contributed by atoms with Crippen molar-refractivity contribution in [2.75, 3.05) is 17.7 Å². The van der Waals surface area contributed by atoms with Gasteiger partial charge in [-0.25, -0.2) is 0 Å². The van der Waals surface area contributed by atoms with E-state index in [2.05, 4.69) is 12.2 Å². The summed E-state index contributed by atoms with van der Waals surface area (Å²) in [5.41, 5.74) is 0.845. The summed E-state index contributed by atoms with van der Waals surface area (Å²) in [5.74, 6) is 1.51. The lowest BCUT2D eigenvalue weighted by Crippen LogP contribution is -2.17. The molecule has 0 bridgehead atoms. The van der Waals surface area contributed by atoms with Gasteiger partial charge in [0.1, 0.15) is 5.75 Å². The summed E-state index contributed by atoms with van der Waals surface area (Å²) in [6, 6.07) is 7.65. The van der Waals surface area contributed by atoms with Crippen LogP contribution in [0.15, 0.2) is 24.3 Å². The number of carbonyl (C=O) groups excluding carboxylic acids is 1. The van der Waals surface area contributed by atoms with Gasteiger partial charge in [-0.3, -0.25) is 4.79 Å². The molecular formula is C18H27NO2S. The highest BCUT2D eigenvalue weighted by atomic mass is 32.2. The average Bonchev–Trinajstić information content (AvgIpc) is 2.56. The van der Waals surface area contributed by atoms with Crippen LogP contribution in [-0.4, -0.2) is 23.5 Å². The van der Waals surface area contributed by atoms with Gasteiger partial charge in [-0.1, -0.05) is 32.6 Å². The van der Waals surface area contributed by atoms with Crippen molar-refractivity contribution in [2.24, 2.45) is 0 Å². The highest BCUT2D eigenvalue weighted by Gasteiger charge is 2.15. The third kappa shape index (κ3) is 6.30. The first kappa shape index (κ1) is 17.2. The van der Waals surface area contributed by atoms with E-state index in [0.29, 0.717) is 11.0 Å². The number of carbonyl (C=O) groups is 1. The number of benzene rings is 1. The molecular weight excluding hydrogens is 294 g/mol. The predicted molar refractivity (Wildman–Crippen MR) is 94.8 cm³/mol. The van der Waals surface area contributed by atoms with E-state index in [-0.39, 0.29) is 5.91 Å². The van der Waals surface area contributed by atoms with E-state index < -0.39 is 0 Å². The minimum Gasteiger partial charge on any atom is -0.494 e. The molecule has 1 saturated carbocycles. The number of hydrogen-bond donors (Lipinski definition) is 1. The normalized spacial score (nSPS) is 15.5. The summed E-state index contributed by atoms with van der Waals surface area (Å²) in [6.45, 7) is 2.90. The molecule has 1 aliphatic rings. The second kappa shape index (κ2) is 9.78. The van der Waals surface area contributed by atoms with Gasteiger partial charge < -0.3 is 10.1 Å². The molecule has 1 fully saturated rings. The van der Waals surface area contributed by atoms with Crippen LogP contribution in [0.1, 0.15) is 51.9 Å². The minimum absolute atomic E-state index is 0.0928. The first-order valence-corrected chi connectivity index (χ1v) is 9.47. The first-order chi connectivity index (χ1) is 10.8. The SMILES string of the molecule is CCCCOc1ccc(NC(=O)CSC2CCCCC2)cc1. The van der Waals surface area contributed by atoms with E-state index in [1.165, 1.54) is 32.1 Å². The summed E-state index contributed by atoms with van der Waals surface area (Å²) >= 11 is 1.80. The Morgan fingerprint density at radius 1 is 1.23 bits per heavy atom. The molecule has 0 spiro atoms. The van der Waals surface area contributed by atoms with Crippen LogP contribution in [0.2, 0.25) is 0 Å². The molecule has 0 unspecified atom stereocenters. The van der Waals surface area contributed by atoms with Crippen molar-refractivity contribution in [3.63, 3.8) is 0 Å². The molecule has 4 heteroatoms. The fourth-order valence-corrected chi connectivity index (χ4v) is 3.72. The molecule has 0 aromatic heterocycles. The lowest BCUT2D eigenvalue weighted by atomic mass is 10.0. The van der Waals surface area contributed by atoms with E-state index in [9.17, 15) is 4.79 Å². The van der Waals surface area contributed by atoms with Gasteiger partial charge >= 0.3 is 0 Å². The molecule has 1 aromatic rings. The molecule has 122 valence electrons. The zero-order valence-corrected chi connectivity index (χ0v) is 14.3. The Balaban J connectivity index is 1.69. The molecule has 2 rings (SSSR count). The third-order valence-electron chi connectivity index (χ3n) is 3.91. The molecule has 0 atom stereocenters. The number of rotatable bonds is 8. The van der Waals surface area contributed by atoms with Gasteiger partial charge in [0.25, 0.3) is 0 Å². The van der Waals surface area contributed by atoms with Crippen LogP contribution >= 0.6 is 11.8 Å². The van der Waals surface area contributed by atoms with Gasteiger partial charge in [0.15, 0.2) is 0 Å². The monoisotopic (exact) mass is 321 g/mol. The van der Waals surface area contributed by atoms with Crippen LogP contribution < -0.4 is 10.1 Å². The number of nitrogens with one attached hydrogen (secondary N) is 1. The number of ether oxygens (including phenoxy) is 1. The van der Waals surface area contributed by atoms with Gasteiger partial charge in [-0.2, -0.15) is 0 Å². The molecule has 0 aliphatic heterocycles. The summed E-state index contributed by atoms with van der Waals surface area (Å²) in [5, 5.41) is 3.64. The fourth-order valence-electron chi connectivity index (χ4n) is 2.59. The minimum atomic E-state index is 0.0928. The highest BCUT2D eigenvalue weighted by molar-refractivity contribution is 8.00. The Hall–Kier alpha value is -1.16. The Morgan fingerprint density at radius 2 is 1.95 bits per heavy atom. The molecule has 0 saturated heterocycles. The lowest BCUT2D eigenvalue weighted by Gasteiger charge is -2.20. The number of anilines is 1. The second-order valence-electron chi connectivity index (χ2n) is 5.85.